The lowest BCUT2D eigenvalue weighted by atomic mass is 10.0. The number of sulfone groups is 1. The van der Waals surface area contributed by atoms with Gasteiger partial charge in [-0.2, -0.15) is 0 Å². The van der Waals surface area contributed by atoms with Crippen LogP contribution in [0.2, 0.25) is 0 Å². The molecule has 3 aromatic rings. The van der Waals surface area contributed by atoms with Crippen molar-refractivity contribution in [3.05, 3.63) is 76.0 Å². The second kappa shape index (κ2) is 8.72. The standard InChI is InChI=1S/C20H19N3O5S2/c1-13(2)15-5-3-14(4-6-15)11-18(24)22-20-21-12-19(29-20)30(27,28)17-9-7-16(8-10-17)23(25)26/h3-10,12-13H,11H2,1-2H3,(H,21,22,24). The highest BCUT2D eigenvalue weighted by Gasteiger charge is 2.22. The van der Waals surface area contributed by atoms with E-state index in [-0.39, 0.29) is 32.3 Å². The fraction of sp³-hybridized carbons (Fsp3) is 0.200. The van der Waals surface area contributed by atoms with Crippen molar-refractivity contribution < 1.29 is 18.1 Å². The Kier molecular flexibility index (Phi) is 6.28. The molecule has 0 aliphatic rings. The third-order valence-electron chi connectivity index (χ3n) is 4.36. The van der Waals surface area contributed by atoms with Crippen LogP contribution in [0.3, 0.4) is 0 Å². The molecule has 1 amide bonds. The highest BCUT2D eigenvalue weighted by Crippen LogP contribution is 2.29. The molecule has 0 saturated carbocycles. The number of hydrogen-bond acceptors (Lipinski definition) is 7. The Morgan fingerprint density at radius 2 is 1.77 bits per heavy atom. The minimum Gasteiger partial charge on any atom is -0.302 e. The molecule has 1 heterocycles. The number of nitrogens with zero attached hydrogens (tertiary/aromatic N) is 2. The van der Waals surface area contributed by atoms with E-state index in [4.69, 9.17) is 0 Å². The summed E-state index contributed by atoms with van der Waals surface area (Å²) in [5.41, 5.74) is 1.82. The SMILES string of the molecule is CC(C)c1ccc(CC(=O)Nc2ncc(S(=O)(=O)c3ccc([N+](=O)[O-])cc3)s2)cc1. The van der Waals surface area contributed by atoms with Crippen molar-refractivity contribution in [1.29, 1.82) is 0 Å². The van der Waals surface area contributed by atoms with Gasteiger partial charge in [0.25, 0.3) is 5.69 Å². The normalized spacial score (nSPS) is 11.4. The van der Waals surface area contributed by atoms with Crippen LogP contribution in [0.25, 0.3) is 0 Å². The van der Waals surface area contributed by atoms with E-state index in [1.165, 1.54) is 17.7 Å². The number of nitro benzene ring substituents is 1. The number of carbonyl (C=O) groups excluding carboxylic acids is 1. The van der Waals surface area contributed by atoms with Gasteiger partial charge in [-0.15, -0.1) is 0 Å². The zero-order valence-corrected chi connectivity index (χ0v) is 17.9. The largest absolute Gasteiger partial charge is 0.302 e. The Hall–Kier alpha value is -3.11. The molecule has 156 valence electrons. The number of carbonyl (C=O) groups is 1. The number of benzene rings is 2. The minimum absolute atomic E-state index is 0.0621. The van der Waals surface area contributed by atoms with Crippen molar-refractivity contribution in [2.75, 3.05) is 5.32 Å². The third kappa shape index (κ3) is 4.89. The van der Waals surface area contributed by atoms with E-state index in [9.17, 15) is 23.3 Å². The molecular formula is C20H19N3O5S2. The average molecular weight is 446 g/mol. The second-order valence-electron chi connectivity index (χ2n) is 6.86. The van der Waals surface area contributed by atoms with Gasteiger partial charge in [0.15, 0.2) is 5.13 Å². The molecule has 0 aliphatic heterocycles. The molecule has 2 aromatic carbocycles. The van der Waals surface area contributed by atoms with Gasteiger partial charge in [0.1, 0.15) is 4.21 Å². The van der Waals surface area contributed by atoms with E-state index >= 15 is 0 Å². The van der Waals surface area contributed by atoms with Crippen molar-refractivity contribution in [2.45, 2.75) is 35.3 Å². The van der Waals surface area contributed by atoms with E-state index in [1.807, 2.05) is 24.3 Å². The van der Waals surface area contributed by atoms with Crippen molar-refractivity contribution in [3.8, 4) is 0 Å². The molecule has 0 bridgehead atoms. The van der Waals surface area contributed by atoms with Crippen molar-refractivity contribution in [1.82, 2.24) is 4.98 Å². The molecule has 8 nitrogen and oxygen atoms in total. The number of nitro groups is 1. The summed E-state index contributed by atoms with van der Waals surface area (Å²) in [5.74, 6) is 0.0975. The summed E-state index contributed by atoms with van der Waals surface area (Å²) in [6.45, 7) is 4.18. The summed E-state index contributed by atoms with van der Waals surface area (Å²) in [6.07, 6.45) is 1.30. The van der Waals surface area contributed by atoms with E-state index < -0.39 is 14.8 Å². The van der Waals surface area contributed by atoms with Crippen molar-refractivity contribution in [3.63, 3.8) is 0 Å². The van der Waals surface area contributed by atoms with Crippen LogP contribution in [-0.4, -0.2) is 24.2 Å². The van der Waals surface area contributed by atoms with Gasteiger partial charge >= 0.3 is 0 Å². The van der Waals surface area contributed by atoms with E-state index in [0.29, 0.717) is 5.92 Å². The van der Waals surface area contributed by atoms with Crippen LogP contribution in [0.1, 0.15) is 30.9 Å². The molecule has 0 aliphatic carbocycles. The van der Waals surface area contributed by atoms with Crippen molar-refractivity contribution in [2.24, 2.45) is 0 Å². The third-order valence-corrected chi connectivity index (χ3v) is 7.51. The van der Waals surface area contributed by atoms with Crippen LogP contribution in [0.4, 0.5) is 10.8 Å². The average Bonchev–Trinajstić information content (AvgIpc) is 3.17. The van der Waals surface area contributed by atoms with Crippen molar-refractivity contribution >= 4 is 37.9 Å². The number of nitrogens with one attached hydrogen (secondary N) is 1. The molecule has 30 heavy (non-hydrogen) atoms. The number of non-ortho nitro benzene ring substituents is 1. The summed E-state index contributed by atoms with van der Waals surface area (Å²) < 4.78 is 25.3. The zero-order chi connectivity index (χ0) is 21.9. The summed E-state index contributed by atoms with van der Waals surface area (Å²) in [7, 11) is -3.89. The summed E-state index contributed by atoms with van der Waals surface area (Å²) in [4.78, 5) is 26.3. The topological polar surface area (TPSA) is 119 Å². The van der Waals surface area contributed by atoms with E-state index in [0.717, 1.165) is 35.2 Å². The van der Waals surface area contributed by atoms with Crippen LogP contribution in [0, 0.1) is 10.1 Å². The Bertz CT molecular complexity index is 1170. The Morgan fingerprint density at radius 3 is 2.33 bits per heavy atom. The lowest BCUT2D eigenvalue weighted by Crippen LogP contribution is -2.14. The number of thiazole rings is 1. The maximum absolute atomic E-state index is 12.7. The first-order chi connectivity index (χ1) is 14.2. The van der Waals surface area contributed by atoms with E-state index in [1.54, 1.807) is 0 Å². The summed E-state index contributed by atoms with van der Waals surface area (Å²) in [5, 5.41) is 13.5. The summed E-state index contributed by atoms with van der Waals surface area (Å²) >= 11 is 0.826. The Labute approximate surface area is 177 Å². The van der Waals surface area contributed by atoms with Gasteiger partial charge in [0, 0.05) is 12.1 Å². The molecule has 0 saturated heterocycles. The molecule has 0 fully saturated rings. The number of amides is 1. The zero-order valence-electron chi connectivity index (χ0n) is 16.2. The predicted molar refractivity (Wildman–Crippen MR) is 114 cm³/mol. The monoisotopic (exact) mass is 445 g/mol. The fourth-order valence-corrected chi connectivity index (χ4v) is 5.12. The van der Waals surface area contributed by atoms with Crippen LogP contribution < -0.4 is 5.32 Å². The molecule has 0 unspecified atom stereocenters. The fourth-order valence-electron chi connectivity index (χ4n) is 2.67. The van der Waals surface area contributed by atoms with Gasteiger partial charge in [-0.25, -0.2) is 13.4 Å². The minimum atomic E-state index is -3.89. The molecule has 1 aromatic heterocycles. The maximum Gasteiger partial charge on any atom is 0.269 e. The van der Waals surface area contributed by atoms with Gasteiger partial charge in [0.2, 0.25) is 15.7 Å². The Morgan fingerprint density at radius 1 is 1.13 bits per heavy atom. The molecule has 10 heteroatoms. The van der Waals surface area contributed by atoms with Crippen LogP contribution in [0.5, 0.6) is 0 Å². The molecule has 0 radical (unpaired) electrons. The first kappa shape index (κ1) is 21.6. The smallest absolute Gasteiger partial charge is 0.269 e. The predicted octanol–water partition coefficient (Wildman–Crippen LogP) is 4.19. The number of hydrogen-bond donors (Lipinski definition) is 1. The highest BCUT2D eigenvalue weighted by molar-refractivity contribution is 7.93. The molecule has 3 rings (SSSR count). The second-order valence-corrected chi connectivity index (χ2v) is 10.1. The first-order valence-corrected chi connectivity index (χ1v) is 11.3. The lowest BCUT2D eigenvalue weighted by molar-refractivity contribution is -0.384. The van der Waals surface area contributed by atoms with Gasteiger partial charge < -0.3 is 5.32 Å². The number of aromatic nitrogens is 1. The van der Waals surface area contributed by atoms with Crippen LogP contribution in [0.15, 0.2) is 63.8 Å². The van der Waals surface area contributed by atoms with Gasteiger partial charge in [-0.1, -0.05) is 49.4 Å². The molecular weight excluding hydrogens is 426 g/mol. The molecule has 0 atom stereocenters. The lowest BCUT2D eigenvalue weighted by Gasteiger charge is -2.06. The summed E-state index contributed by atoms with van der Waals surface area (Å²) in [6, 6.07) is 12.3. The first-order valence-electron chi connectivity index (χ1n) is 9.01. The van der Waals surface area contributed by atoms with Crippen LogP contribution >= 0.6 is 11.3 Å². The molecule has 0 spiro atoms. The van der Waals surface area contributed by atoms with Gasteiger partial charge in [0.05, 0.1) is 22.4 Å². The van der Waals surface area contributed by atoms with Gasteiger partial charge in [-0.3, -0.25) is 14.9 Å². The highest BCUT2D eigenvalue weighted by atomic mass is 32.2. The van der Waals surface area contributed by atoms with E-state index in [2.05, 4.69) is 24.1 Å². The number of rotatable bonds is 7. The van der Waals surface area contributed by atoms with Crippen LogP contribution in [-0.2, 0) is 21.1 Å². The number of anilines is 1. The molecule has 1 N–H and O–H groups in total. The quantitative estimate of drug-likeness (QED) is 0.430. The van der Waals surface area contributed by atoms with Gasteiger partial charge in [-0.05, 0) is 29.2 Å². The Balaban J connectivity index is 1.69. The maximum atomic E-state index is 12.7.